The molecule has 1 aromatic carbocycles. The van der Waals surface area contributed by atoms with Crippen LogP contribution in [0.1, 0.15) is 38.3 Å². The normalized spacial score (nSPS) is 21.6. The van der Waals surface area contributed by atoms with Gasteiger partial charge in [0.2, 0.25) is 5.91 Å². The van der Waals surface area contributed by atoms with Crippen LogP contribution in [0.2, 0.25) is 0 Å². The highest BCUT2D eigenvalue weighted by Crippen LogP contribution is 2.29. The molecule has 1 amide bonds. The van der Waals surface area contributed by atoms with Gasteiger partial charge in [-0.05, 0) is 55.9 Å². The highest BCUT2D eigenvalue weighted by atomic mass is 16.5. The van der Waals surface area contributed by atoms with E-state index in [4.69, 9.17) is 4.74 Å². The number of nitrogens with one attached hydrogen (secondary N) is 2. The smallest absolute Gasteiger partial charge is 0.228 e. The van der Waals surface area contributed by atoms with Crippen LogP contribution >= 0.6 is 0 Å². The zero-order valence-corrected chi connectivity index (χ0v) is 20.1. The van der Waals surface area contributed by atoms with E-state index in [1.54, 1.807) is 0 Å². The molecule has 2 aliphatic rings. The standard InChI is InChI=1S/C26H34N6O2/c1-18-24(34-11-8-27-18)14-26(33)30-25-13-21-12-19(6-7-20(21)15-28-25)22-16-29-31(2)23(22)17-32-9-4-3-5-10-32/h6-7,12-13,15-16,18,24,27H,3-5,8-11,14,17H2,1-2H3,(H,28,30,33). The van der Waals surface area contributed by atoms with Crippen molar-refractivity contribution < 1.29 is 9.53 Å². The number of carbonyl (C=O) groups is 1. The summed E-state index contributed by atoms with van der Waals surface area (Å²) < 4.78 is 7.74. The first-order valence-corrected chi connectivity index (χ1v) is 12.3. The molecule has 2 N–H and O–H groups in total. The van der Waals surface area contributed by atoms with Crippen molar-refractivity contribution >= 4 is 22.5 Å². The van der Waals surface area contributed by atoms with Gasteiger partial charge in [-0.25, -0.2) is 4.98 Å². The molecule has 0 aliphatic carbocycles. The molecular formula is C26H34N6O2. The fraction of sp³-hybridized carbons (Fsp3) is 0.500. The van der Waals surface area contributed by atoms with Gasteiger partial charge >= 0.3 is 0 Å². The fourth-order valence-corrected chi connectivity index (χ4v) is 4.98. The number of aryl methyl sites for hydroxylation is 1. The van der Waals surface area contributed by atoms with Crippen LogP contribution in [0.4, 0.5) is 5.82 Å². The van der Waals surface area contributed by atoms with Gasteiger partial charge in [-0.2, -0.15) is 5.10 Å². The van der Waals surface area contributed by atoms with Gasteiger partial charge in [0.05, 0.1) is 31.0 Å². The summed E-state index contributed by atoms with van der Waals surface area (Å²) in [4.78, 5) is 19.6. The molecule has 0 saturated carbocycles. The van der Waals surface area contributed by atoms with Crippen LogP contribution in [0, 0.1) is 0 Å². The lowest BCUT2D eigenvalue weighted by Gasteiger charge is -2.29. The molecule has 8 nitrogen and oxygen atoms in total. The number of pyridine rings is 1. The number of aromatic nitrogens is 3. The number of fused-ring (bicyclic) bond motifs is 1. The maximum absolute atomic E-state index is 12.6. The number of piperidine rings is 1. The number of hydrogen-bond donors (Lipinski definition) is 2. The van der Waals surface area contributed by atoms with E-state index < -0.39 is 0 Å². The Morgan fingerprint density at radius 2 is 2.03 bits per heavy atom. The van der Waals surface area contributed by atoms with Crippen LogP contribution in [0.15, 0.2) is 36.7 Å². The van der Waals surface area contributed by atoms with Crippen LogP contribution in [-0.4, -0.2) is 64.0 Å². The number of anilines is 1. The monoisotopic (exact) mass is 462 g/mol. The summed E-state index contributed by atoms with van der Waals surface area (Å²) >= 11 is 0. The second-order valence-electron chi connectivity index (χ2n) is 9.50. The Bertz CT molecular complexity index is 1150. The number of nitrogens with zero attached hydrogens (tertiary/aromatic N) is 4. The molecule has 180 valence electrons. The van der Waals surface area contributed by atoms with Crippen molar-refractivity contribution in [3.05, 3.63) is 42.4 Å². The van der Waals surface area contributed by atoms with Crippen molar-refractivity contribution in [2.75, 3.05) is 31.6 Å². The first-order valence-electron chi connectivity index (χ1n) is 12.3. The van der Waals surface area contributed by atoms with Gasteiger partial charge in [-0.15, -0.1) is 0 Å². The zero-order valence-electron chi connectivity index (χ0n) is 20.1. The van der Waals surface area contributed by atoms with Gasteiger partial charge in [0.15, 0.2) is 0 Å². The molecule has 0 spiro atoms. The van der Waals surface area contributed by atoms with E-state index in [9.17, 15) is 4.79 Å². The second-order valence-corrected chi connectivity index (χ2v) is 9.50. The molecular weight excluding hydrogens is 428 g/mol. The minimum atomic E-state index is -0.121. The SMILES string of the molecule is CC1NCCOC1CC(=O)Nc1cc2cc(-c3cnn(C)c3CN3CCCCC3)ccc2cn1. The number of rotatable bonds is 6. The van der Waals surface area contributed by atoms with Gasteiger partial charge in [0.25, 0.3) is 0 Å². The molecule has 2 fully saturated rings. The minimum Gasteiger partial charge on any atom is -0.375 e. The Morgan fingerprint density at radius 3 is 2.85 bits per heavy atom. The maximum atomic E-state index is 12.6. The maximum Gasteiger partial charge on any atom is 0.228 e. The number of carbonyl (C=O) groups excluding carboxylic acids is 1. The summed E-state index contributed by atoms with van der Waals surface area (Å²) in [5.74, 6) is 0.477. The highest BCUT2D eigenvalue weighted by Gasteiger charge is 2.24. The van der Waals surface area contributed by atoms with E-state index in [2.05, 4.69) is 43.8 Å². The third-order valence-corrected chi connectivity index (χ3v) is 7.03. The van der Waals surface area contributed by atoms with Crippen LogP contribution in [0.5, 0.6) is 0 Å². The van der Waals surface area contributed by atoms with Crippen molar-refractivity contribution in [2.24, 2.45) is 7.05 Å². The Kier molecular flexibility index (Phi) is 6.89. The van der Waals surface area contributed by atoms with Gasteiger partial charge in [0.1, 0.15) is 5.82 Å². The third-order valence-electron chi connectivity index (χ3n) is 7.03. The quantitative estimate of drug-likeness (QED) is 0.585. The van der Waals surface area contributed by atoms with E-state index in [0.717, 1.165) is 48.1 Å². The Balaban J connectivity index is 1.34. The summed E-state index contributed by atoms with van der Waals surface area (Å²) in [6, 6.07) is 8.49. The average Bonchev–Trinajstić information content (AvgIpc) is 3.20. The van der Waals surface area contributed by atoms with Crippen LogP contribution in [0.3, 0.4) is 0 Å². The number of morpholine rings is 1. The third kappa shape index (κ3) is 5.14. The molecule has 2 saturated heterocycles. The van der Waals surface area contributed by atoms with Gasteiger partial charge in [0, 0.05) is 43.3 Å². The van der Waals surface area contributed by atoms with Crippen molar-refractivity contribution in [3.63, 3.8) is 0 Å². The number of ether oxygens (including phenoxy) is 1. The Hall–Kier alpha value is -2.81. The molecule has 0 bridgehead atoms. The molecule has 2 unspecified atom stereocenters. The number of amides is 1. The molecule has 8 heteroatoms. The lowest BCUT2D eigenvalue weighted by molar-refractivity contribution is -0.120. The van der Waals surface area contributed by atoms with Crippen molar-refractivity contribution in [1.29, 1.82) is 0 Å². The molecule has 3 aromatic rings. The molecule has 4 heterocycles. The second kappa shape index (κ2) is 10.2. The summed E-state index contributed by atoms with van der Waals surface area (Å²) in [7, 11) is 2.02. The lowest BCUT2D eigenvalue weighted by atomic mass is 10.0. The first-order chi connectivity index (χ1) is 16.6. The summed E-state index contributed by atoms with van der Waals surface area (Å²) in [6.07, 6.45) is 7.83. The summed E-state index contributed by atoms with van der Waals surface area (Å²) in [5, 5.41) is 12.9. The summed E-state index contributed by atoms with van der Waals surface area (Å²) in [6.45, 7) is 6.72. The molecule has 34 heavy (non-hydrogen) atoms. The molecule has 2 aliphatic heterocycles. The molecule has 5 rings (SSSR count). The molecule has 2 aromatic heterocycles. The highest BCUT2D eigenvalue weighted by molar-refractivity contribution is 5.94. The van der Waals surface area contributed by atoms with E-state index in [1.807, 2.05) is 37.1 Å². The number of hydrogen-bond acceptors (Lipinski definition) is 6. The first kappa shape index (κ1) is 23.0. The zero-order chi connectivity index (χ0) is 23.5. The fourth-order valence-electron chi connectivity index (χ4n) is 4.98. The summed E-state index contributed by atoms with van der Waals surface area (Å²) in [5.41, 5.74) is 3.53. The topological polar surface area (TPSA) is 84.3 Å². The van der Waals surface area contributed by atoms with Gasteiger partial charge < -0.3 is 15.4 Å². The largest absolute Gasteiger partial charge is 0.375 e. The van der Waals surface area contributed by atoms with E-state index in [1.165, 1.54) is 25.0 Å². The predicted octanol–water partition coefficient (Wildman–Crippen LogP) is 3.33. The van der Waals surface area contributed by atoms with Gasteiger partial charge in [-0.3, -0.25) is 14.4 Å². The van der Waals surface area contributed by atoms with E-state index in [0.29, 0.717) is 18.8 Å². The molecule has 0 radical (unpaired) electrons. The van der Waals surface area contributed by atoms with Crippen molar-refractivity contribution in [1.82, 2.24) is 25.0 Å². The van der Waals surface area contributed by atoms with Crippen LogP contribution in [-0.2, 0) is 23.1 Å². The number of benzene rings is 1. The number of likely N-dealkylation sites (tertiary alicyclic amines) is 1. The van der Waals surface area contributed by atoms with Crippen molar-refractivity contribution in [2.45, 2.75) is 51.3 Å². The lowest BCUT2D eigenvalue weighted by Crippen LogP contribution is -2.47. The Morgan fingerprint density at radius 1 is 1.18 bits per heavy atom. The minimum absolute atomic E-state index is 0.0837. The van der Waals surface area contributed by atoms with E-state index >= 15 is 0 Å². The van der Waals surface area contributed by atoms with Crippen LogP contribution < -0.4 is 10.6 Å². The van der Waals surface area contributed by atoms with Crippen LogP contribution in [0.25, 0.3) is 21.9 Å². The molecule has 2 atom stereocenters. The van der Waals surface area contributed by atoms with E-state index in [-0.39, 0.29) is 18.1 Å². The van der Waals surface area contributed by atoms with Gasteiger partial charge in [-0.1, -0.05) is 18.6 Å². The average molecular weight is 463 g/mol. The Labute approximate surface area is 200 Å². The predicted molar refractivity (Wildman–Crippen MR) is 134 cm³/mol. The van der Waals surface area contributed by atoms with Crippen molar-refractivity contribution in [3.8, 4) is 11.1 Å².